The smallest absolute Gasteiger partial charge is 0.184 e. The summed E-state index contributed by atoms with van der Waals surface area (Å²) < 4.78 is 6.80. The van der Waals surface area contributed by atoms with Crippen LogP contribution in [0.25, 0.3) is 10.2 Å². The Kier molecular flexibility index (Phi) is 2.80. The molecule has 1 N–H and O–H groups in total. The fraction of sp³-hybridized carbons (Fsp3) is 0.214. The van der Waals surface area contributed by atoms with E-state index in [1.165, 1.54) is 4.70 Å². The summed E-state index contributed by atoms with van der Waals surface area (Å²) in [6.07, 6.45) is 0. The molecule has 1 aromatic carbocycles. The van der Waals surface area contributed by atoms with Crippen molar-refractivity contribution >= 4 is 26.7 Å². The molecular weight excluding hydrogens is 244 g/mol. The summed E-state index contributed by atoms with van der Waals surface area (Å²) in [5.74, 6) is 1.87. The highest BCUT2D eigenvalue weighted by Gasteiger charge is 2.11. The first-order chi connectivity index (χ1) is 8.72. The van der Waals surface area contributed by atoms with Crippen LogP contribution in [0.3, 0.4) is 0 Å². The summed E-state index contributed by atoms with van der Waals surface area (Å²) in [6.45, 7) is 4.03. The summed E-state index contributed by atoms with van der Waals surface area (Å²) in [4.78, 5) is 4.55. The Labute approximate surface area is 109 Å². The minimum atomic E-state index is 0.124. The molecular formula is C14H14N2OS. The average molecular weight is 258 g/mol. The van der Waals surface area contributed by atoms with Crippen molar-refractivity contribution in [2.75, 3.05) is 5.32 Å². The number of para-hydroxylation sites is 1. The van der Waals surface area contributed by atoms with E-state index in [9.17, 15) is 0 Å². The van der Waals surface area contributed by atoms with Crippen LogP contribution in [-0.4, -0.2) is 4.98 Å². The highest BCUT2D eigenvalue weighted by atomic mass is 32.1. The van der Waals surface area contributed by atoms with Crippen LogP contribution in [0.1, 0.15) is 24.5 Å². The van der Waals surface area contributed by atoms with E-state index < -0.39 is 0 Å². The zero-order chi connectivity index (χ0) is 12.5. The van der Waals surface area contributed by atoms with Crippen LogP contribution < -0.4 is 5.32 Å². The largest absolute Gasteiger partial charge is 0.464 e. The minimum Gasteiger partial charge on any atom is -0.464 e. The van der Waals surface area contributed by atoms with Crippen molar-refractivity contribution in [2.24, 2.45) is 0 Å². The molecule has 3 rings (SSSR count). The zero-order valence-electron chi connectivity index (χ0n) is 10.3. The Balaban J connectivity index is 1.83. The van der Waals surface area contributed by atoms with Gasteiger partial charge in [-0.15, -0.1) is 0 Å². The van der Waals surface area contributed by atoms with Gasteiger partial charge < -0.3 is 9.73 Å². The maximum atomic E-state index is 5.61. The monoisotopic (exact) mass is 258 g/mol. The number of thiazole rings is 1. The number of aryl methyl sites for hydroxylation is 1. The zero-order valence-corrected chi connectivity index (χ0v) is 11.1. The number of nitrogens with zero attached hydrogens (tertiary/aromatic N) is 1. The third-order valence-corrected chi connectivity index (χ3v) is 3.79. The average Bonchev–Trinajstić information content (AvgIpc) is 2.94. The van der Waals surface area contributed by atoms with Crippen molar-refractivity contribution in [1.82, 2.24) is 4.98 Å². The van der Waals surface area contributed by atoms with E-state index >= 15 is 0 Å². The number of benzene rings is 1. The molecule has 3 nitrogen and oxygen atoms in total. The summed E-state index contributed by atoms with van der Waals surface area (Å²) in [6, 6.07) is 12.2. The molecule has 0 amide bonds. The number of hydrogen-bond acceptors (Lipinski definition) is 4. The SMILES string of the molecule is Cc1ccc(C(C)Nc2nc3ccccc3s2)o1. The molecule has 4 heteroatoms. The fourth-order valence-corrected chi connectivity index (χ4v) is 2.83. The minimum absolute atomic E-state index is 0.124. The molecule has 0 bridgehead atoms. The first-order valence-corrected chi connectivity index (χ1v) is 6.72. The summed E-state index contributed by atoms with van der Waals surface area (Å²) >= 11 is 1.66. The topological polar surface area (TPSA) is 38.1 Å². The van der Waals surface area contributed by atoms with Gasteiger partial charge in [-0.05, 0) is 38.1 Å². The van der Waals surface area contributed by atoms with Gasteiger partial charge in [0.1, 0.15) is 11.5 Å². The van der Waals surface area contributed by atoms with Crippen LogP contribution in [0.5, 0.6) is 0 Å². The molecule has 0 saturated heterocycles. The first-order valence-electron chi connectivity index (χ1n) is 5.91. The van der Waals surface area contributed by atoms with Crippen molar-refractivity contribution in [2.45, 2.75) is 19.9 Å². The van der Waals surface area contributed by atoms with Gasteiger partial charge in [0.05, 0.1) is 16.3 Å². The Hall–Kier alpha value is -1.81. The van der Waals surface area contributed by atoms with Crippen LogP contribution in [0.2, 0.25) is 0 Å². The van der Waals surface area contributed by atoms with Gasteiger partial charge in [-0.2, -0.15) is 0 Å². The number of fused-ring (bicyclic) bond motifs is 1. The number of anilines is 1. The second-order valence-electron chi connectivity index (χ2n) is 4.30. The van der Waals surface area contributed by atoms with Crippen LogP contribution in [0.4, 0.5) is 5.13 Å². The number of rotatable bonds is 3. The van der Waals surface area contributed by atoms with Gasteiger partial charge in [0.15, 0.2) is 5.13 Å². The molecule has 18 heavy (non-hydrogen) atoms. The van der Waals surface area contributed by atoms with Gasteiger partial charge in [0, 0.05) is 0 Å². The molecule has 92 valence electrons. The van der Waals surface area contributed by atoms with E-state index in [0.717, 1.165) is 22.2 Å². The lowest BCUT2D eigenvalue weighted by Crippen LogP contribution is -2.04. The Bertz CT molecular complexity index is 638. The molecule has 3 aromatic rings. The molecule has 1 unspecified atom stereocenters. The van der Waals surface area contributed by atoms with Gasteiger partial charge in [-0.25, -0.2) is 4.98 Å². The molecule has 0 fully saturated rings. The summed E-state index contributed by atoms with van der Waals surface area (Å²) in [7, 11) is 0. The Morgan fingerprint density at radius 1 is 1.22 bits per heavy atom. The Morgan fingerprint density at radius 2 is 2.06 bits per heavy atom. The quantitative estimate of drug-likeness (QED) is 0.758. The predicted molar refractivity (Wildman–Crippen MR) is 75.1 cm³/mol. The van der Waals surface area contributed by atoms with Crippen molar-refractivity contribution in [3.8, 4) is 0 Å². The molecule has 0 aliphatic heterocycles. The van der Waals surface area contributed by atoms with Gasteiger partial charge in [0.25, 0.3) is 0 Å². The molecule has 1 atom stereocenters. The predicted octanol–water partition coefficient (Wildman–Crippen LogP) is 4.37. The molecule has 2 heterocycles. The van der Waals surface area contributed by atoms with Gasteiger partial charge in [-0.1, -0.05) is 23.5 Å². The Morgan fingerprint density at radius 3 is 2.78 bits per heavy atom. The summed E-state index contributed by atoms with van der Waals surface area (Å²) in [5.41, 5.74) is 1.04. The number of aromatic nitrogens is 1. The lowest BCUT2D eigenvalue weighted by Gasteiger charge is -2.09. The van der Waals surface area contributed by atoms with Crippen molar-refractivity contribution in [3.05, 3.63) is 47.9 Å². The standard InChI is InChI=1S/C14H14N2OS/c1-9-7-8-12(17-9)10(2)15-14-16-11-5-3-4-6-13(11)18-14/h3-8,10H,1-2H3,(H,15,16). The van der Waals surface area contributed by atoms with Crippen LogP contribution >= 0.6 is 11.3 Å². The van der Waals surface area contributed by atoms with Crippen molar-refractivity contribution in [3.63, 3.8) is 0 Å². The van der Waals surface area contributed by atoms with Gasteiger partial charge >= 0.3 is 0 Å². The maximum absolute atomic E-state index is 5.61. The molecule has 2 aromatic heterocycles. The maximum Gasteiger partial charge on any atom is 0.184 e. The first kappa shape index (κ1) is 11.3. The third kappa shape index (κ3) is 2.11. The third-order valence-electron chi connectivity index (χ3n) is 2.82. The van der Waals surface area contributed by atoms with Gasteiger partial charge in [-0.3, -0.25) is 0 Å². The number of hydrogen-bond donors (Lipinski definition) is 1. The van der Waals surface area contributed by atoms with E-state index in [4.69, 9.17) is 4.42 Å². The van der Waals surface area contributed by atoms with Crippen LogP contribution in [-0.2, 0) is 0 Å². The van der Waals surface area contributed by atoms with E-state index in [0.29, 0.717) is 0 Å². The molecule has 0 aliphatic rings. The molecule has 0 saturated carbocycles. The van der Waals surface area contributed by atoms with Crippen LogP contribution in [0.15, 0.2) is 40.8 Å². The van der Waals surface area contributed by atoms with E-state index in [2.05, 4.69) is 23.3 Å². The lowest BCUT2D eigenvalue weighted by atomic mass is 10.2. The van der Waals surface area contributed by atoms with Crippen molar-refractivity contribution in [1.29, 1.82) is 0 Å². The second kappa shape index (κ2) is 4.46. The second-order valence-corrected chi connectivity index (χ2v) is 5.33. The molecule has 0 radical (unpaired) electrons. The lowest BCUT2D eigenvalue weighted by molar-refractivity contribution is 0.467. The molecule has 0 aliphatic carbocycles. The van der Waals surface area contributed by atoms with E-state index in [-0.39, 0.29) is 6.04 Å². The van der Waals surface area contributed by atoms with Gasteiger partial charge in [0.2, 0.25) is 0 Å². The number of nitrogens with one attached hydrogen (secondary N) is 1. The summed E-state index contributed by atoms with van der Waals surface area (Å²) in [5, 5.41) is 4.30. The van der Waals surface area contributed by atoms with E-state index in [1.54, 1.807) is 11.3 Å². The fourth-order valence-electron chi connectivity index (χ4n) is 1.88. The number of furan rings is 1. The normalized spacial score (nSPS) is 12.8. The van der Waals surface area contributed by atoms with E-state index in [1.807, 2.05) is 37.3 Å². The van der Waals surface area contributed by atoms with Crippen LogP contribution in [0, 0.1) is 6.92 Å². The molecule has 0 spiro atoms. The highest BCUT2D eigenvalue weighted by molar-refractivity contribution is 7.22. The van der Waals surface area contributed by atoms with Crippen molar-refractivity contribution < 1.29 is 4.42 Å². The highest BCUT2D eigenvalue weighted by Crippen LogP contribution is 2.28.